The van der Waals surface area contributed by atoms with Crippen molar-refractivity contribution in [2.24, 2.45) is 0 Å². The SMILES string of the molecule is Cc1ccc(C(=O)C(=O)CCC(=O)O)cc1. The molecule has 0 aliphatic heterocycles. The topological polar surface area (TPSA) is 71.4 Å². The van der Waals surface area contributed by atoms with E-state index in [4.69, 9.17) is 5.11 Å². The summed E-state index contributed by atoms with van der Waals surface area (Å²) in [5.74, 6) is -2.36. The van der Waals surface area contributed by atoms with Crippen molar-refractivity contribution in [1.29, 1.82) is 0 Å². The van der Waals surface area contributed by atoms with Gasteiger partial charge < -0.3 is 5.11 Å². The average Bonchev–Trinajstić information content (AvgIpc) is 2.26. The van der Waals surface area contributed by atoms with Crippen LogP contribution in [0, 0.1) is 6.92 Å². The van der Waals surface area contributed by atoms with Crippen LogP contribution < -0.4 is 0 Å². The van der Waals surface area contributed by atoms with Crippen molar-refractivity contribution in [1.82, 2.24) is 0 Å². The molecule has 4 heteroatoms. The molecule has 0 bridgehead atoms. The van der Waals surface area contributed by atoms with E-state index < -0.39 is 17.5 Å². The molecule has 0 aliphatic carbocycles. The lowest BCUT2D eigenvalue weighted by Gasteiger charge is -1.99. The van der Waals surface area contributed by atoms with Crippen LogP contribution in [-0.2, 0) is 9.59 Å². The third-order valence-electron chi connectivity index (χ3n) is 2.13. The van der Waals surface area contributed by atoms with Crippen LogP contribution in [0.1, 0.15) is 28.8 Å². The molecule has 0 unspecified atom stereocenters. The van der Waals surface area contributed by atoms with Gasteiger partial charge in [-0.15, -0.1) is 0 Å². The van der Waals surface area contributed by atoms with Gasteiger partial charge in [-0.05, 0) is 6.92 Å². The van der Waals surface area contributed by atoms with E-state index in [0.717, 1.165) is 5.56 Å². The largest absolute Gasteiger partial charge is 0.481 e. The molecular formula is C12H12O4. The van der Waals surface area contributed by atoms with E-state index in [1.165, 1.54) is 0 Å². The number of aliphatic carboxylic acids is 1. The standard InChI is InChI=1S/C12H12O4/c1-8-2-4-9(5-3-8)12(16)10(13)6-7-11(14)15/h2-5H,6-7H2,1H3,(H,14,15). The number of hydrogen-bond acceptors (Lipinski definition) is 3. The Hall–Kier alpha value is -1.97. The fraction of sp³-hybridized carbons (Fsp3) is 0.250. The predicted molar refractivity (Wildman–Crippen MR) is 57.4 cm³/mol. The minimum atomic E-state index is -1.08. The van der Waals surface area contributed by atoms with Gasteiger partial charge in [-0.2, -0.15) is 0 Å². The second-order valence-corrected chi connectivity index (χ2v) is 3.51. The number of Topliss-reactive ketones (excluding diaryl/α,β-unsaturated/α-hetero) is 2. The number of hydrogen-bond donors (Lipinski definition) is 1. The molecule has 0 spiro atoms. The molecule has 1 aromatic rings. The van der Waals surface area contributed by atoms with E-state index in [-0.39, 0.29) is 12.8 Å². The molecule has 0 atom stereocenters. The first-order valence-corrected chi connectivity index (χ1v) is 4.86. The first-order valence-electron chi connectivity index (χ1n) is 4.86. The molecule has 0 amide bonds. The zero-order valence-corrected chi connectivity index (χ0v) is 8.90. The van der Waals surface area contributed by atoms with Crippen LogP contribution in [0.2, 0.25) is 0 Å². The molecule has 1 N–H and O–H groups in total. The number of carboxylic acids is 1. The summed E-state index contributed by atoms with van der Waals surface area (Å²) in [5, 5.41) is 8.39. The molecule has 16 heavy (non-hydrogen) atoms. The van der Waals surface area contributed by atoms with Crippen LogP contribution in [0.4, 0.5) is 0 Å². The van der Waals surface area contributed by atoms with Crippen LogP contribution in [0.3, 0.4) is 0 Å². The van der Waals surface area contributed by atoms with Crippen LogP contribution >= 0.6 is 0 Å². The van der Waals surface area contributed by atoms with Gasteiger partial charge in [0.05, 0.1) is 6.42 Å². The highest BCUT2D eigenvalue weighted by Crippen LogP contribution is 2.06. The average molecular weight is 220 g/mol. The summed E-state index contributed by atoms with van der Waals surface area (Å²) >= 11 is 0. The maximum atomic E-state index is 11.5. The number of ketones is 2. The van der Waals surface area contributed by atoms with E-state index in [1.807, 2.05) is 6.92 Å². The Bertz CT molecular complexity index is 417. The second kappa shape index (κ2) is 5.21. The molecule has 0 heterocycles. The molecule has 4 nitrogen and oxygen atoms in total. The van der Waals surface area contributed by atoms with Gasteiger partial charge in [0, 0.05) is 12.0 Å². The van der Waals surface area contributed by atoms with Crippen molar-refractivity contribution in [3.05, 3.63) is 35.4 Å². The fourth-order valence-electron chi connectivity index (χ4n) is 1.20. The Labute approximate surface area is 92.9 Å². The molecule has 0 saturated heterocycles. The Morgan fingerprint density at radius 1 is 1.06 bits per heavy atom. The predicted octanol–water partition coefficient (Wildman–Crippen LogP) is 1.61. The Balaban J connectivity index is 2.67. The number of carboxylic acid groups (broad SMARTS) is 1. The summed E-state index contributed by atoms with van der Waals surface area (Å²) in [6.45, 7) is 1.88. The maximum Gasteiger partial charge on any atom is 0.303 e. The lowest BCUT2D eigenvalue weighted by atomic mass is 10.0. The summed E-state index contributed by atoms with van der Waals surface area (Å²) in [6, 6.07) is 6.60. The molecule has 0 saturated carbocycles. The van der Waals surface area contributed by atoms with Crippen molar-refractivity contribution >= 4 is 17.5 Å². The number of carbonyl (C=O) groups excluding carboxylic acids is 2. The Morgan fingerprint density at radius 2 is 1.62 bits per heavy atom. The second-order valence-electron chi connectivity index (χ2n) is 3.51. The zero-order chi connectivity index (χ0) is 12.1. The summed E-state index contributed by atoms with van der Waals surface area (Å²) in [6.07, 6.45) is -0.557. The zero-order valence-electron chi connectivity index (χ0n) is 8.90. The van der Waals surface area contributed by atoms with Crippen molar-refractivity contribution in [2.45, 2.75) is 19.8 Å². The summed E-state index contributed by atoms with van der Waals surface area (Å²) < 4.78 is 0. The van der Waals surface area contributed by atoms with Gasteiger partial charge in [-0.25, -0.2) is 0 Å². The van der Waals surface area contributed by atoms with Gasteiger partial charge >= 0.3 is 5.97 Å². The van der Waals surface area contributed by atoms with Gasteiger partial charge in [0.1, 0.15) is 0 Å². The number of rotatable bonds is 5. The van der Waals surface area contributed by atoms with Crippen molar-refractivity contribution in [3.63, 3.8) is 0 Å². The first-order chi connectivity index (χ1) is 7.50. The van der Waals surface area contributed by atoms with E-state index >= 15 is 0 Å². The molecule has 84 valence electrons. The van der Waals surface area contributed by atoms with Gasteiger partial charge in [0.2, 0.25) is 11.6 Å². The third kappa shape index (κ3) is 3.31. The summed E-state index contributed by atoms with van der Waals surface area (Å²) in [5.41, 5.74) is 1.30. The van der Waals surface area contributed by atoms with E-state index in [9.17, 15) is 14.4 Å². The Kier molecular flexibility index (Phi) is 3.94. The van der Waals surface area contributed by atoms with Crippen LogP contribution in [0.15, 0.2) is 24.3 Å². The number of aryl methyl sites for hydroxylation is 1. The fourth-order valence-corrected chi connectivity index (χ4v) is 1.20. The monoisotopic (exact) mass is 220 g/mol. The van der Waals surface area contributed by atoms with E-state index in [2.05, 4.69) is 0 Å². The van der Waals surface area contributed by atoms with Crippen LogP contribution in [0.25, 0.3) is 0 Å². The summed E-state index contributed by atoms with van der Waals surface area (Å²) in [7, 11) is 0. The normalized spacial score (nSPS) is 9.81. The smallest absolute Gasteiger partial charge is 0.303 e. The van der Waals surface area contributed by atoms with Crippen molar-refractivity contribution in [2.75, 3.05) is 0 Å². The van der Waals surface area contributed by atoms with Crippen molar-refractivity contribution < 1.29 is 19.5 Å². The highest BCUT2D eigenvalue weighted by atomic mass is 16.4. The minimum absolute atomic E-state index is 0.248. The van der Waals surface area contributed by atoms with Gasteiger partial charge in [-0.3, -0.25) is 14.4 Å². The molecule has 1 aromatic carbocycles. The van der Waals surface area contributed by atoms with Gasteiger partial charge in [0.15, 0.2) is 0 Å². The number of benzene rings is 1. The molecule has 0 aliphatic rings. The minimum Gasteiger partial charge on any atom is -0.481 e. The highest BCUT2D eigenvalue weighted by molar-refractivity contribution is 6.43. The lowest BCUT2D eigenvalue weighted by Crippen LogP contribution is -2.15. The Morgan fingerprint density at radius 3 is 2.12 bits per heavy atom. The maximum absolute atomic E-state index is 11.5. The lowest BCUT2D eigenvalue weighted by molar-refractivity contribution is -0.138. The number of carbonyl (C=O) groups is 3. The quantitative estimate of drug-likeness (QED) is 0.604. The first kappa shape index (κ1) is 12.1. The molecule has 0 aromatic heterocycles. The van der Waals surface area contributed by atoms with E-state index in [0.29, 0.717) is 5.56 Å². The molecular weight excluding hydrogens is 208 g/mol. The van der Waals surface area contributed by atoms with Crippen LogP contribution in [0.5, 0.6) is 0 Å². The van der Waals surface area contributed by atoms with Gasteiger partial charge in [-0.1, -0.05) is 29.8 Å². The molecule has 0 radical (unpaired) electrons. The van der Waals surface area contributed by atoms with Crippen molar-refractivity contribution in [3.8, 4) is 0 Å². The molecule has 0 fully saturated rings. The van der Waals surface area contributed by atoms with E-state index in [1.54, 1.807) is 24.3 Å². The summed E-state index contributed by atoms with van der Waals surface area (Å²) in [4.78, 5) is 33.1. The van der Waals surface area contributed by atoms with Crippen LogP contribution in [-0.4, -0.2) is 22.6 Å². The highest BCUT2D eigenvalue weighted by Gasteiger charge is 2.16. The molecule has 1 rings (SSSR count). The van der Waals surface area contributed by atoms with Gasteiger partial charge in [0.25, 0.3) is 0 Å². The third-order valence-corrected chi connectivity index (χ3v) is 2.13.